The Morgan fingerprint density at radius 1 is 0.287 bits per heavy atom. The van der Waals surface area contributed by atoms with E-state index in [1.54, 1.807) is 0 Å². The van der Waals surface area contributed by atoms with Crippen LogP contribution in [0.2, 0.25) is 0 Å². The van der Waals surface area contributed by atoms with Gasteiger partial charge in [-0.25, -0.2) is 15.0 Å². The molecule has 3 heterocycles. The van der Waals surface area contributed by atoms with Crippen LogP contribution in [0, 0.1) is 39.0 Å². The molecule has 378 valence electrons. The van der Waals surface area contributed by atoms with E-state index < -0.39 is 0 Å². The van der Waals surface area contributed by atoms with Crippen molar-refractivity contribution >= 4 is 43.6 Å². The molecule has 6 nitrogen and oxygen atoms in total. The number of fused-ring (bicyclic) bond motifs is 6. The lowest BCUT2D eigenvalue weighted by molar-refractivity contribution is 1.06. The minimum atomic E-state index is 0.402. The Labute approximate surface area is 464 Å². The van der Waals surface area contributed by atoms with Gasteiger partial charge >= 0.3 is 0 Å². The van der Waals surface area contributed by atoms with Gasteiger partial charge in [0.2, 0.25) is 0 Å². The van der Waals surface area contributed by atoms with E-state index in [1.807, 2.05) is 60.7 Å². The number of nitriles is 1. The molecule has 0 aliphatic carbocycles. The molecule has 0 spiro atoms. The van der Waals surface area contributed by atoms with Gasteiger partial charge < -0.3 is 9.13 Å². The van der Waals surface area contributed by atoms with Crippen molar-refractivity contribution in [3.63, 3.8) is 0 Å². The Morgan fingerprint density at radius 3 is 0.912 bits per heavy atom. The van der Waals surface area contributed by atoms with Gasteiger partial charge in [0.15, 0.2) is 17.5 Å². The number of nitrogens with zero attached hydrogens (tertiary/aromatic N) is 6. The second-order valence-corrected chi connectivity index (χ2v) is 21.1. The Morgan fingerprint density at radius 2 is 0.588 bits per heavy atom. The maximum atomic E-state index is 11.6. The molecular weight excluding hydrogens is 973 g/mol. The summed E-state index contributed by atoms with van der Waals surface area (Å²) in [6, 6.07) is 89.0. The largest absolute Gasteiger partial charge is 0.307 e. The van der Waals surface area contributed by atoms with E-state index in [0.29, 0.717) is 28.6 Å². The molecule has 0 atom stereocenters. The monoisotopic (exact) mass is 1020 g/mol. The summed E-state index contributed by atoms with van der Waals surface area (Å²) < 4.78 is 4.75. The second kappa shape index (κ2) is 19.5. The smallest absolute Gasteiger partial charge is 0.165 e. The van der Waals surface area contributed by atoms with E-state index >= 15 is 0 Å². The van der Waals surface area contributed by atoms with Crippen LogP contribution in [0.4, 0.5) is 0 Å². The van der Waals surface area contributed by atoms with E-state index in [2.05, 4.69) is 225 Å². The maximum Gasteiger partial charge on any atom is 0.165 e. The van der Waals surface area contributed by atoms with Crippen molar-refractivity contribution in [1.82, 2.24) is 24.1 Å². The number of aromatic nitrogens is 5. The van der Waals surface area contributed by atoms with Crippen molar-refractivity contribution in [2.24, 2.45) is 0 Å². The third-order valence-electron chi connectivity index (χ3n) is 15.6. The molecule has 0 saturated carbocycles. The summed E-state index contributed by atoms with van der Waals surface area (Å²) in [6.45, 7) is 8.57. The fourth-order valence-electron chi connectivity index (χ4n) is 11.7. The molecule has 0 N–H and O–H groups in total. The first-order valence-corrected chi connectivity index (χ1v) is 27.1. The van der Waals surface area contributed by atoms with Gasteiger partial charge in [-0.15, -0.1) is 0 Å². The molecule has 0 bridgehead atoms. The Balaban J connectivity index is 1.11. The number of aryl methyl sites for hydroxylation is 4. The summed E-state index contributed by atoms with van der Waals surface area (Å²) in [5.74, 6) is 1.44. The first kappa shape index (κ1) is 47.9. The van der Waals surface area contributed by atoms with Crippen LogP contribution in [0.15, 0.2) is 243 Å². The lowest BCUT2D eigenvalue weighted by Gasteiger charge is -2.19. The van der Waals surface area contributed by atoms with Gasteiger partial charge in [-0.2, -0.15) is 5.26 Å². The fraction of sp³-hybridized carbons (Fsp3) is 0.0541. The minimum absolute atomic E-state index is 0.402. The fourth-order valence-corrected chi connectivity index (χ4v) is 11.7. The van der Waals surface area contributed by atoms with Gasteiger partial charge in [0, 0.05) is 38.2 Å². The highest BCUT2D eigenvalue weighted by Crippen LogP contribution is 2.44. The van der Waals surface area contributed by atoms with Crippen molar-refractivity contribution in [3.05, 3.63) is 270 Å². The lowest BCUT2D eigenvalue weighted by atomic mass is 9.99. The van der Waals surface area contributed by atoms with E-state index in [-0.39, 0.29) is 0 Å². The number of rotatable bonds is 9. The summed E-state index contributed by atoms with van der Waals surface area (Å²) in [4.78, 5) is 15.6. The highest BCUT2D eigenvalue weighted by molar-refractivity contribution is 6.14. The zero-order chi connectivity index (χ0) is 54.0. The molecule has 0 saturated heterocycles. The molecule has 14 aromatic rings. The van der Waals surface area contributed by atoms with Crippen LogP contribution in [0.25, 0.3) is 134 Å². The zero-order valence-corrected chi connectivity index (χ0v) is 44.8. The lowest BCUT2D eigenvalue weighted by Crippen LogP contribution is -2.07. The van der Waals surface area contributed by atoms with Crippen molar-refractivity contribution in [3.8, 4) is 96.1 Å². The molecule has 0 radical (unpaired) electrons. The van der Waals surface area contributed by atoms with Gasteiger partial charge in [0.05, 0.1) is 45.1 Å². The molecule has 80 heavy (non-hydrogen) atoms. The number of hydrogen-bond donors (Lipinski definition) is 0. The third-order valence-corrected chi connectivity index (χ3v) is 15.6. The average molecular weight is 1030 g/mol. The van der Waals surface area contributed by atoms with Crippen LogP contribution in [0.3, 0.4) is 0 Å². The van der Waals surface area contributed by atoms with Crippen molar-refractivity contribution in [2.45, 2.75) is 27.7 Å². The first-order valence-electron chi connectivity index (χ1n) is 27.1. The topological polar surface area (TPSA) is 72.3 Å². The van der Waals surface area contributed by atoms with Crippen LogP contribution >= 0.6 is 0 Å². The Kier molecular flexibility index (Phi) is 11.7. The molecule has 0 aliphatic heterocycles. The molecule has 0 unspecified atom stereocenters. The van der Waals surface area contributed by atoms with Crippen LogP contribution in [0.1, 0.15) is 27.8 Å². The van der Waals surface area contributed by atoms with Crippen LogP contribution in [-0.2, 0) is 0 Å². The zero-order valence-electron chi connectivity index (χ0n) is 44.8. The van der Waals surface area contributed by atoms with Gasteiger partial charge in [0.25, 0.3) is 0 Å². The van der Waals surface area contributed by atoms with Gasteiger partial charge in [-0.3, -0.25) is 0 Å². The van der Waals surface area contributed by atoms with Crippen molar-refractivity contribution in [1.29, 1.82) is 5.26 Å². The summed E-state index contributed by atoms with van der Waals surface area (Å²) in [6.07, 6.45) is 0. The predicted molar refractivity (Wildman–Crippen MR) is 330 cm³/mol. The first-order chi connectivity index (χ1) is 39.2. The summed E-state index contributed by atoms with van der Waals surface area (Å²) in [5, 5.41) is 16.0. The van der Waals surface area contributed by atoms with Crippen molar-refractivity contribution < 1.29 is 0 Å². The van der Waals surface area contributed by atoms with Crippen molar-refractivity contribution in [2.75, 3.05) is 0 Å². The minimum Gasteiger partial charge on any atom is -0.307 e. The predicted octanol–water partition coefficient (Wildman–Crippen LogP) is 18.8. The Bertz CT molecular complexity index is 4560. The van der Waals surface area contributed by atoms with E-state index in [0.717, 1.165) is 111 Å². The number of benzene rings is 11. The molecule has 0 amide bonds. The quantitative estimate of drug-likeness (QED) is 0.144. The molecule has 11 aromatic carbocycles. The van der Waals surface area contributed by atoms with Crippen LogP contribution in [-0.4, -0.2) is 24.1 Å². The summed E-state index contributed by atoms with van der Waals surface area (Å²) in [5.41, 5.74) is 22.4. The normalized spacial score (nSPS) is 11.5. The summed E-state index contributed by atoms with van der Waals surface area (Å²) >= 11 is 0. The van der Waals surface area contributed by atoms with E-state index in [9.17, 15) is 5.26 Å². The molecule has 0 fully saturated rings. The molecule has 0 aliphatic rings. The highest BCUT2D eigenvalue weighted by Gasteiger charge is 2.25. The maximum absolute atomic E-state index is 11.6. The van der Waals surface area contributed by atoms with E-state index in [4.69, 9.17) is 15.0 Å². The van der Waals surface area contributed by atoms with E-state index in [1.165, 1.54) is 22.3 Å². The highest BCUT2D eigenvalue weighted by atomic mass is 15.1. The van der Waals surface area contributed by atoms with Gasteiger partial charge in [0.1, 0.15) is 0 Å². The second-order valence-electron chi connectivity index (χ2n) is 21.1. The Hall–Kier alpha value is -10.5. The average Bonchev–Trinajstić information content (AvgIpc) is 4.19. The molecule has 14 rings (SSSR count). The third kappa shape index (κ3) is 8.50. The number of hydrogen-bond acceptors (Lipinski definition) is 4. The molecular formula is C74H52N6. The van der Waals surface area contributed by atoms with Crippen LogP contribution < -0.4 is 0 Å². The van der Waals surface area contributed by atoms with Gasteiger partial charge in [-0.1, -0.05) is 204 Å². The molecule has 3 aromatic heterocycles. The SMILES string of the molecule is Cc1cccc(-c2ccc3c(c2)c2cc(-c4cccc(C)c4)ccc2n3-c2cc(C#N)c(-c3nc(-c4ccccc4)nc(-c4ccccc4)n3)cc2-n2c3ccc(-c4cccc(C)c4)cc3c3cc(-c4cccc(C)c4)ccc32)c1. The summed E-state index contributed by atoms with van der Waals surface area (Å²) in [7, 11) is 0. The van der Waals surface area contributed by atoms with Gasteiger partial charge in [-0.05, 0) is 133 Å². The molecule has 6 heteroatoms. The van der Waals surface area contributed by atoms with Crippen LogP contribution in [0.5, 0.6) is 0 Å². The standard InChI is InChI=1S/C74H52N6/c1-46-15-11-23-52(35-46)56-27-31-66-62(39-56)63-40-57(53-24-12-16-47(2)36-53)28-32-67(63)79(66)70-43-60(45-75)61(74-77-72(50-19-7-5-8-20-50)76-73(78-74)51-21-9-6-10-22-51)44-71(70)80-68-33-29-58(54-25-13-17-48(3)37-54)41-64(68)65-42-59(30-34-69(65)80)55-26-14-18-49(4)38-55/h5-44H,1-4H3.